The highest BCUT2D eigenvalue weighted by molar-refractivity contribution is 6.07. The van der Waals surface area contributed by atoms with E-state index in [2.05, 4.69) is 5.43 Å². The number of hydrogen-bond acceptors (Lipinski definition) is 4. The number of aliphatic hydroxyl groups is 1. The molecule has 2 amide bonds. The van der Waals surface area contributed by atoms with E-state index in [1.54, 1.807) is 17.8 Å². The van der Waals surface area contributed by atoms with E-state index in [0.717, 1.165) is 23.1 Å². The molecule has 2 aliphatic heterocycles. The summed E-state index contributed by atoms with van der Waals surface area (Å²) in [6, 6.07) is 14.8. The van der Waals surface area contributed by atoms with Gasteiger partial charge < -0.3 is 5.11 Å². The summed E-state index contributed by atoms with van der Waals surface area (Å²) < 4.78 is 2.77. The lowest BCUT2D eigenvalue weighted by atomic mass is 9.92. The van der Waals surface area contributed by atoms with Gasteiger partial charge in [-0.05, 0) is 37.5 Å². The first kappa shape index (κ1) is 21.3. The molecule has 2 aliphatic rings. The third-order valence-electron chi connectivity index (χ3n) is 6.81. The zero-order valence-electron chi connectivity index (χ0n) is 18.9. The molecule has 9 nitrogen and oxygen atoms in total. The van der Waals surface area contributed by atoms with E-state index < -0.39 is 17.5 Å². The highest BCUT2D eigenvalue weighted by Gasteiger charge is 2.61. The number of benzene rings is 2. The second-order valence-corrected chi connectivity index (χ2v) is 8.81. The molecule has 0 radical (unpaired) electrons. The number of fused-ring (bicyclic) bond motifs is 4. The third-order valence-corrected chi connectivity index (χ3v) is 6.81. The van der Waals surface area contributed by atoms with Crippen LogP contribution in [0.1, 0.15) is 51.1 Å². The predicted octanol–water partition coefficient (Wildman–Crippen LogP) is 2.17. The van der Waals surface area contributed by atoms with Gasteiger partial charge in [-0.2, -0.15) is 9.48 Å². The molecular formula is C24H27N5O4. The van der Waals surface area contributed by atoms with Crippen LogP contribution in [-0.4, -0.2) is 37.7 Å². The van der Waals surface area contributed by atoms with E-state index in [1.165, 1.54) is 14.4 Å². The largest absolute Gasteiger partial charge is 0.394 e. The third kappa shape index (κ3) is 2.85. The Morgan fingerprint density at radius 1 is 1.12 bits per heavy atom. The number of para-hydroxylation sites is 1. The summed E-state index contributed by atoms with van der Waals surface area (Å²) in [4.78, 5) is 41.1. The number of hydrogen-bond donors (Lipinski definition) is 2. The summed E-state index contributed by atoms with van der Waals surface area (Å²) >= 11 is 0. The first-order chi connectivity index (χ1) is 15.9. The Morgan fingerprint density at radius 2 is 1.79 bits per heavy atom. The van der Waals surface area contributed by atoms with Crippen LogP contribution >= 0.6 is 0 Å². The standard InChI is InChI=1S/C24H27N5O4/c1-4-9-16(14-30)27-23(33)28-24(3,29(27)28)22(32)25-26-20-13-8-7-12-19(20)18-11-6-5-10-17(18)15(2)21(26)31/h5-8,10-13,15-16,30H,4,9,14H2,1-3H3,(H,25,32)/t15-,16+,24-,28?,29?/m0/s1. The predicted molar refractivity (Wildman–Crippen MR) is 123 cm³/mol. The van der Waals surface area contributed by atoms with Crippen molar-refractivity contribution in [3.63, 3.8) is 0 Å². The molecule has 2 N–H and O–H groups in total. The summed E-state index contributed by atoms with van der Waals surface area (Å²) in [6.45, 7) is 5.24. The molecule has 3 aromatic rings. The molecule has 5 rings (SSSR count). The van der Waals surface area contributed by atoms with Crippen LogP contribution in [0.15, 0.2) is 53.3 Å². The molecule has 3 heterocycles. The number of anilines is 1. The first-order valence-electron chi connectivity index (χ1n) is 11.2. The second kappa shape index (κ2) is 7.48. The van der Waals surface area contributed by atoms with E-state index in [4.69, 9.17) is 0 Å². The van der Waals surface area contributed by atoms with Crippen molar-refractivity contribution in [3.8, 4) is 11.1 Å². The fourth-order valence-corrected chi connectivity index (χ4v) is 4.90. The van der Waals surface area contributed by atoms with Crippen molar-refractivity contribution in [2.45, 2.75) is 51.2 Å². The van der Waals surface area contributed by atoms with E-state index in [0.29, 0.717) is 12.1 Å². The molecule has 0 saturated carbocycles. The number of nitrogens with one attached hydrogen (secondary N) is 1. The molecule has 9 heteroatoms. The Kier molecular flexibility index (Phi) is 4.82. The number of amides is 2. The zero-order valence-corrected chi connectivity index (χ0v) is 18.9. The van der Waals surface area contributed by atoms with Crippen LogP contribution < -0.4 is 16.1 Å². The summed E-state index contributed by atoms with van der Waals surface area (Å²) in [5.41, 5.74) is 4.46. The molecule has 2 aromatic carbocycles. The molecule has 0 spiro atoms. The average molecular weight is 450 g/mol. The molecule has 3 atom stereocenters. The van der Waals surface area contributed by atoms with Gasteiger partial charge in [0.2, 0.25) is 0 Å². The second-order valence-electron chi connectivity index (χ2n) is 8.81. The molecule has 0 fully saturated rings. The fourth-order valence-electron chi connectivity index (χ4n) is 4.90. The van der Waals surface area contributed by atoms with Gasteiger partial charge in [0.05, 0.1) is 24.3 Å². The lowest BCUT2D eigenvalue weighted by molar-refractivity contribution is -0.129. The van der Waals surface area contributed by atoms with Crippen LogP contribution in [0.5, 0.6) is 0 Å². The van der Waals surface area contributed by atoms with E-state index >= 15 is 0 Å². The summed E-state index contributed by atoms with van der Waals surface area (Å²) in [7, 11) is 0. The normalized spacial score (nSPS) is 21.6. The number of aromatic nitrogens is 3. The maximum Gasteiger partial charge on any atom is 0.363 e. The Balaban J connectivity index is 1.49. The summed E-state index contributed by atoms with van der Waals surface area (Å²) in [5.74, 6) is -1.22. The van der Waals surface area contributed by atoms with Gasteiger partial charge in [-0.1, -0.05) is 55.8 Å². The fraction of sp³-hybridized carbons (Fsp3) is 0.375. The molecular weight excluding hydrogens is 422 g/mol. The maximum absolute atomic E-state index is 13.5. The Bertz CT molecular complexity index is 1320. The van der Waals surface area contributed by atoms with Gasteiger partial charge >= 0.3 is 5.69 Å². The highest BCUT2D eigenvalue weighted by atomic mass is 16.3. The highest BCUT2D eigenvalue weighted by Crippen LogP contribution is 2.41. The molecule has 0 bridgehead atoms. The molecule has 1 aromatic heterocycles. The van der Waals surface area contributed by atoms with Crippen LogP contribution in [0.2, 0.25) is 0 Å². The SMILES string of the molecule is CCC[C@H](CO)n1c(=O)n2n1[C@@]2(C)C(=O)NN1C(=O)[C@@H](C)c2ccccc2-c2ccccc21. The zero-order chi connectivity index (χ0) is 23.5. The number of nitrogens with zero attached hydrogens (tertiary/aromatic N) is 4. The van der Waals surface area contributed by atoms with Crippen molar-refractivity contribution < 1.29 is 14.7 Å². The van der Waals surface area contributed by atoms with Crippen LogP contribution in [0.3, 0.4) is 0 Å². The molecule has 33 heavy (non-hydrogen) atoms. The van der Waals surface area contributed by atoms with Gasteiger partial charge in [0.1, 0.15) is 0 Å². The van der Waals surface area contributed by atoms with Crippen LogP contribution in [0, 0.1) is 0 Å². The molecule has 0 aliphatic carbocycles. The maximum atomic E-state index is 13.5. The monoisotopic (exact) mass is 449 g/mol. The van der Waals surface area contributed by atoms with E-state index in [-0.39, 0.29) is 24.2 Å². The van der Waals surface area contributed by atoms with Crippen molar-refractivity contribution in [2.24, 2.45) is 0 Å². The number of carbonyl (C=O) groups is 2. The van der Waals surface area contributed by atoms with Crippen molar-refractivity contribution in [1.29, 1.82) is 0 Å². The minimum atomic E-state index is -1.25. The smallest absolute Gasteiger partial charge is 0.363 e. The summed E-state index contributed by atoms with van der Waals surface area (Å²) in [6.07, 6.45) is 1.42. The van der Waals surface area contributed by atoms with Crippen molar-refractivity contribution in [3.05, 3.63) is 64.6 Å². The number of aliphatic hydroxyl groups excluding tert-OH is 1. The van der Waals surface area contributed by atoms with E-state index in [1.807, 2.05) is 56.3 Å². The Hall–Kier alpha value is -3.59. The minimum absolute atomic E-state index is 0.185. The van der Waals surface area contributed by atoms with Gasteiger partial charge in [-0.15, -0.1) is 0 Å². The minimum Gasteiger partial charge on any atom is -0.394 e. The average Bonchev–Trinajstić information content (AvgIpc) is 3.42. The molecule has 0 saturated heterocycles. The van der Waals surface area contributed by atoms with E-state index in [9.17, 15) is 19.5 Å². The van der Waals surface area contributed by atoms with Gasteiger partial charge in [-0.3, -0.25) is 15.0 Å². The first-order valence-corrected chi connectivity index (χ1v) is 11.2. The van der Waals surface area contributed by atoms with Gasteiger partial charge in [0, 0.05) is 5.56 Å². The summed E-state index contributed by atoms with van der Waals surface area (Å²) in [5, 5.41) is 11.0. The molecule has 0 unspecified atom stereocenters. The van der Waals surface area contributed by atoms with Gasteiger partial charge in [0.25, 0.3) is 17.5 Å². The molecule has 172 valence electrons. The number of carbonyl (C=O) groups excluding carboxylic acids is 2. The quantitative estimate of drug-likeness (QED) is 0.602. The van der Waals surface area contributed by atoms with Crippen LogP contribution in [0.4, 0.5) is 5.69 Å². The number of rotatable bonds is 6. The lowest BCUT2D eigenvalue weighted by Gasteiger charge is -2.26. The van der Waals surface area contributed by atoms with Crippen LogP contribution in [0.25, 0.3) is 11.1 Å². The topological polar surface area (TPSA) is 102 Å². The Morgan fingerprint density at radius 3 is 2.48 bits per heavy atom. The van der Waals surface area contributed by atoms with Crippen LogP contribution in [-0.2, 0) is 15.3 Å². The van der Waals surface area contributed by atoms with Crippen molar-refractivity contribution in [2.75, 3.05) is 11.6 Å². The van der Waals surface area contributed by atoms with Crippen molar-refractivity contribution >= 4 is 17.5 Å². The Labute approximate surface area is 190 Å². The lowest BCUT2D eigenvalue weighted by Crippen LogP contribution is -2.52. The van der Waals surface area contributed by atoms with Gasteiger partial charge in [-0.25, -0.2) is 14.5 Å². The van der Waals surface area contributed by atoms with Gasteiger partial charge in [0.15, 0.2) is 0 Å². The van der Waals surface area contributed by atoms with Crippen molar-refractivity contribution in [1.82, 2.24) is 19.6 Å². The number of hydrazine groups is 1.